The summed E-state index contributed by atoms with van der Waals surface area (Å²) in [6.07, 6.45) is 8.44. The molecule has 0 bridgehead atoms. The fourth-order valence-electron chi connectivity index (χ4n) is 5.45. The number of carbonyl (C=O) groups excluding carboxylic acids is 1. The first-order valence-corrected chi connectivity index (χ1v) is 11.7. The molecule has 1 aromatic rings. The van der Waals surface area contributed by atoms with Gasteiger partial charge in [-0.15, -0.1) is 0 Å². The van der Waals surface area contributed by atoms with Crippen LogP contribution in [0.5, 0.6) is 0 Å². The minimum Gasteiger partial charge on any atom is -0.448 e. The Labute approximate surface area is 187 Å². The summed E-state index contributed by atoms with van der Waals surface area (Å²) in [4.78, 5) is 13.9. The molecule has 1 amide bonds. The maximum absolute atomic E-state index is 11.6. The van der Waals surface area contributed by atoms with E-state index >= 15 is 0 Å². The Kier molecular flexibility index (Phi) is 7.06. The highest BCUT2D eigenvalue weighted by Crippen LogP contribution is 2.49. The number of aromatic nitrogens is 2. The first-order chi connectivity index (χ1) is 14.4. The highest BCUT2D eigenvalue weighted by Gasteiger charge is 2.46. The minimum absolute atomic E-state index is 0.0212. The van der Waals surface area contributed by atoms with Crippen LogP contribution in [0.3, 0.4) is 0 Å². The second kappa shape index (κ2) is 9.10. The fraction of sp³-hybridized carbons (Fsp3) is 0.833. The number of hydrogen-bond donors (Lipinski definition) is 2. The number of nitrogens with zero attached hydrogens (tertiary/aromatic N) is 2. The molecule has 176 valence electrons. The summed E-state index contributed by atoms with van der Waals surface area (Å²) in [5, 5.41) is 10.2. The standard InChI is InChI=1S/C24H42N4O3/c1-22(2,3)19(16-30-21(29)25-6)28(7)15-18-14-26-27-20(18)17-8-10-24(11-9-17)13-12-23(4,5)31-24/h14,17,19H,8-13,15-16H2,1-7H3,(H,25,29)(H,26,27). The van der Waals surface area contributed by atoms with E-state index in [1.807, 2.05) is 6.20 Å². The van der Waals surface area contributed by atoms with Gasteiger partial charge in [0.1, 0.15) is 6.61 Å². The molecule has 1 spiro atoms. The molecule has 0 radical (unpaired) electrons. The predicted octanol–water partition coefficient (Wildman–Crippen LogP) is 4.60. The summed E-state index contributed by atoms with van der Waals surface area (Å²) in [5.74, 6) is 0.499. The lowest BCUT2D eigenvalue weighted by atomic mass is 9.75. The molecule has 1 atom stereocenters. The molecule has 7 nitrogen and oxygen atoms in total. The van der Waals surface area contributed by atoms with Crippen LogP contribution in [0.4, 0.5) is 4.79 Å². The number of amides is 1. The monoisotopic (exact) mass is 434 g/mol. The molecule has 1 saturated carbocycles. The van der Waals surface area contributed by atoms with Crippen LogP contribution in [-0.2, 0) is 16.0 Å². The number of ether oxygens (including phenoxy) is 2. The van der Waals surface area contributed by atoms with Crippen LogP contribution < -0.4 is 5.32 Å². The Hall–Kier alpha value is -1.60. The molecule has 3 rings (SSSR count). The Balaban J connectivity index is 1.64. The molecule has 1 unspecified atom stereocenters. The largest absolute Gasteiger partial charge is 0.448 e. The van der Waals surface area contributed by atoms with Crippen molar-refractivity contribution in [3.63, 3.8) is 0 Å². The average Bonchev–Trinajstić information content (AvgIpc) is 3.25. The van der Waals surface area contributed by atoms with E-state index in [4.69, 9.17) is 9.47 Å². The quantitative estimate of drug-likeness (QED) is 0.684. The van der Waals surface area contributed by atoms with Gasteiger partial charge >= 0.3 is 6.09 Å². The van der Waals surface area contributed by atoms with Crippen LogP contribution in [0.1, 0.15) is 90.3 Å². The van der Waals surface area contributed by atoms with Crippen LogP contribution in [0.2, 0.25) is 0 Å². The van der Waals surface area contributed by atoms with Crippen molar-refractivity contribution in [1.29, 1.82) is 0 Å². The van der Waals surface area contributed by atoms with Crippen LogP contribution >= 0.6 is 0 Å². The zero-order valence-corrected chi connectivity index (χ0v) is 20.5. The van der Waals surface area contributed by atoms with E-state index in [0.717, 1.165) is 38.6 Å². The van der Waals surface area contributed by atoms with E-state index in [0.29, 0.717) is 12.5 Å². The maximum Gasteiger partial charge on any atom is 0.406 e. The predicted molar refractivity (Wildman–Crippen MR) is 122 cm³/mol. The number of H-pyrrole nitrogens is 1. The van der Waals surface area contributed by atoms with Gasteiger partial charge in [-0.1, -0.05) is 20.8 Å². The molecular weight excluding hydrogens is 392 g/mol. The Morgan fingerprint density at radius 1 is 1.32 bits per heavy atom. The molecule has 2 fully saturated rings. The third-order valence-corrected chi connectivity index (χ3v) is 7.26. The maximum atomic E-state index is 11.6. The lowest BCUT2D eigenvalue weighted by Gasteiger charge is -2.39. The molecule has 1 aliphatic carbocycles. The first kappa shape index (κ1) is 24.1. The van der Waals surface area contributed by atoms with Crippen molar-refractivity contribution in [3.05, 3.63) is 17.5 Å². The van der Waals surface area contributed by atoms with E-state index < -0.39 is 0 Å². The lowest BCUT2D eigenvalue weighted by molar-refractivity contribution is -0.105. The Morgan fingerprint density at radius 2 is 2.00 bits per heavy atom. The van der Waals surface area contributed by atoms with Gasteiger partial charge in [0.2, 0.25) is 0 Å². The highest BCUT2D eigenvalue weighted by atomic mass is 16.5. The van der Waals surface area contributed by atoms with Crippen molar-refractivity contribution in [3.8, 4) is 0 Å². The first-order valence-electron chi connectivity index (χ1n) is 11.7. The third kappa shape index (κ3) is 5.80. The molecule has 2 heterocycles. The third-order valence-electron chi connectivity index (χ3n) is 7.26. The Bertz CT molecular complexity index is 744. The summed E-state index contributed by atoms with van der Waals surface area (Å²) in [6.45, 7) is 12.1. The minimum atomic E-state index is -0.389. The number of carbonyl (C=O) groups is 1. The van der Waals surface area contributed by atoms with E-state index in [1.165, 1.54) is 17.7 Å². The van der Waals surface area contributed by atoms with Crippen LogP contribution in [0.15, 0.2) is 6.20 Å². The van der Waals surface area contributed by atoms with Gasteiger partial charge in [0, 0.05) is 36.8 Å². The summed E-state index contributed by atoms with van der Waals surface area (Å²) >= 11 is 0. The van der Waals surface area contributed by atoms with Gasteiger partial charge in [-0.05, 0) is 64.8 Å². The molecule has 1 aliphatic heterocycles. The van der Waals surface area contributed by atoms with Gasteiger partial charge in [-0.3, -0.25) is 10.00 Å². The fourth-order valence-corrected chi connectivity index (χ4v) is 5.45. The zero-order chi connectivity index (χ0) is 22.9. The SMILES string of the molecule is CNC(=O)OCC(N(C)Cc1cn[nH]c1C1CCC2(CC1)CCC(C)(C)O2)C(C)(C)C. The second-order valence-corrected chi connectivity index (χ2v) is 11.3. The van der Waals surface area contributed by atoms with E-state index in [-0.39, 0.29) is 28.8 Å². The van der Waals surface area contributed by atoms with Crippen molar-refractivity contribution in [2.75, 3.05) is 20.7 Å². The van der Waals surface area contributed by atoms with Gasteiger partial charge in [-0.25, -0.2) is 4.79 Å². The van der Waals surface area contributed by atoms with Crippen molar-refractivity contribution < 1.29 is 14.3 Å². The second-order valence-electron chi connectivity index (χ2n) is 11.3. The molecular formula is C24H42N4O3. The molecule has 2 aliphatic rings. The molecule has 31 heavy (non-hydrogen) atoms. The van der Waals surface area contributed by atoms with Crippen LogP contribution in [0.25, 0.3) is 0 Å². The number of alkyl carbamates (subject to hydrolysis) is 1. The normalized spacial score (nSPS) is 26.9. The van der Waals surface area contributed by atoms with Gasteiger partial charge in [0.15, 0.2) is 0 Å². The van der Waals surface area contributed by atoms with Gasteiger partial charge in [0.25, 0.3) is 0 Å². The van der Waals surface area contributed by atoms with Crippen molar-refractivity contribution in [2.24, 2.45) is 5.41 Å². The van der Waals surface area contributed by atoms with Gasteiger partial charge < -0.3 is 14.8 Å². The molecule has 1 saturated heterocycles. The summed E-state index contributed by atoms with van der Waals surface area (Å²) < 4.78 is 11.9. The number of likely N-dealkylation sites (N-methyl/N-ethyl adjacent to an activating group) is 1. The summed E-state index contributed by atoms with van der Waals surface area (Å²) in [5.41, 5.74) is 2.58. The van der Waals surface area contributed by atoms with Crippen LogP contribution in [-0.4, -0.2) is 59.1 Å². The lowest BCUT2D eigenvalue weighted by Crippen LogP contribution is -2.45. The van der Waals surface area contributed by atoms with Crippen molar-refractivity contribution in [2.45, 2.75) is 103 Å². The van der Waals surface area contributed by atoms with E-state index in [9.17, 15) is 4.79 Å². The molecule has 2 N–H and O–H groups in total. The van der Waals surface area contributed by atoms with Crippen molar-refractivity contribution in [1.82, 2.24) is 20.4 Å². The zero-order valence-electron chi connectivity index (χ0n) is 20.5. The topological polar surface area (TPSA) is 79.5 Å². The van der Waals surface area contributed by atoms with Crippen LogP contribution in [0, 0.1) is 5.41 Å². The molecule has 7 heteroatoms. The van der Waals surface area contributed by atoms with Gasteiger partial charge in [0.05, 0.1) is 17.4 Å². The smallest absolute Gasteiger partial charge is 0.406 e. The molecule has 1 aromatic heterocycles. The van der Waals surface area contributed by atoms with Crippen molar-refractivity contribution >= 4 is 6.09 Å². The summed E-state index contributed by atoms with van der Waals surface area (Å²) in [6, 6.07) is 0.0938. The number of rotatable bonds is 6. The van der Waals surface area contributed by atoms with Gasteiger partial charge in [-0.2, -0.15) is 5.10 Å². The summed E-state index contributed by atoms with van der Waals surface area (Å²) in [7, 11) is 3.69. The number of aromatic amines is 1. The highest BCUT2D eigenvalue weighted by molar-refractivity contribution is 5.66. The Morgan fingerprint density at radius 3 is 2.55 bits per heavy atom. The average molecular weight is 435 g/mol. The number of hydrogen-bond acceptors (Lipinski definition) is 5. The van der Waals surface area contributed by atoms with E-state index in [2.05, 4.69) is 62.1 Å². The van der Waals surface area contributed by atoms with E-state index in [1.54, 1.807) is 7.05 Å². The molecule has 0 aromatic carbocycles. The number of nitrogens with one attached hydrogen (secondary N) is 2.